The number of benzene rings is 1. The Morgan fingerprint density at radius 3 is 2.85 bits per heavy atom. The van der Waals surface area contributed by atoms with E-state index in [0.717, 1.165) is 0 Å². The van der Waals surface area contributed by atoms with Gasteiger partial charge in [0.25, 0.3) is 0 Å². The second-order valence-electron chi connectivity index (χ2n) is 2.38. The van der Waals surface area contributed by atoms with Crippen molar-refractivity contribution in [2.24, 2.45) is 0 Å². The fourth-order valence-corrected chi connectivity index (χ4v) is 1.27. The van der Waals surface area contributed by atoms with Gasteiger partial charge in [0.2, 0.25) is 0 Å². The number of hydrogen-bond donors (Lipinski definition) is 0. The van der Waals surface area contributed by atoms with Crippen LogP contribution in [0.1, 0.15) is 5.56 Å². The van der Waals surface area contributed by atoms with Crippen LogP contribution in [0.3, 0.4) is 0 Å². The van der Waals surface area contributed by atoms with Gasteiger partial charge < -0.3 is 4.74 Å². The summed E-state index contributed by atoms with van der Waals surface area (Å²) in [6.07, 6.45) is -0.0537. The number of nitrogens with zero attached hydrogens (tertiary/aromatic N) is 1. The van der Waals surface area contributed by atoms with E-state index in [9.17, 15) is 4.39 Å². The second-order valence-corrected chi connectivity index (χ2v) is 2.76. The van der Waals surface area contributed by atoms with Crippen LogP contribution in [0.4, 0.5) is 4.39 Å². The Labute approximate surface area is 80.5 Å². The van der Waals surface area contributed by atoms with E-state index < -0.39 is 5.82 Å². The third kappa shape index (κ3) is 1.90. The minimum Gasteiger partial charge on any atom is -0.495 e. The molecule has 0 bridgehead atoms. The highest BCUT2D eigenvalue weighted by molar-refractivity contribution is 6.32. The molecule has 0 radical (unpaired) electrons. The number of hydrogen-bond acceptors (Lipinski definition) is 2. The van der Waals surface area contributed by atoms with Crippen molar-refractivity contribution in [1.82, 2.24) is 0 Å². The van der Waals surface area contributed by atoms with Crippen molar-refractivity contribution in [2.45, 2.75) is 6.42 Å². The molecule has 0 saturated carbocycles. The van der Waals surface area contributed by atoms with Crippen molar-refractivity contribution in [2.75, 3.05) is 7.11 Å². The van der Waals surface area contributed by atoms with Crippen LogP contribution in [0.25, 0.3) is 0 Å². The summed E-state index contributed by atoms with van der Waals surface area (Å²) in [5.41, 5.74) is 0.184. The number of methoxy groups -OCH3 is 1. The number of rotatable bonds is 2. The minimum absolute atomic E-state index is 0.0537. The van der Waals surface area contributed by atoms with E-state index in [0.29, 0.717) is 5.75 Å². The van der Waals surface area contributed by atoms with Gasteiger partial charge in [-0.05, 0) is 12.1 Å². The highest BCUT2D eigenvalue weighted by Crippen LogP contribution is 2.29. The van der Waals surface area contributed by atoms with E-state index in [1.807, 2.05) is 6.07 Å². The third-order valence-electron chi connectivity index (χ3n) is 1.63. The molecule has 0 saturated heterocycles. The molecule has 0 N–H and O–H groups in total. The van der Waals surface area contributed by atoms with Crippen molar-refractivity contribution in [3.8, 4) is 11.8 Å². The first-order chi connectivity index (χ1) is 6.20. The van der Waals surface area contributed by atoms with E-state index in [4.69, 9.17) is 21.6 Å². The molecule has 0 unspecified atom stereocenters. The van der Waals surface area contributed by atoms with Crippen LogP contribution in [-0.4, -0.2) is 7.11 Å². The summed E-state index contributed by atoms with van der Waals surface area (Å²) in [6, 6.07) is 4.50. The molecule has 0 atom stereocenters. The summed E-state index contributed by atoms with van der Waals surface area (Å²) in [4.78, 5) is 0. The molecule has 0 amide bonds. The zero-order valence-electron chi connectivity index (χ0n) is 6.97. The molecule has 0 heterocycles. The molecule has 0 fully saturated rings. The molecular weight excluding hydrogens is 193 g/mol. The summed E-state index contributed by atoms with van der Waals surface area (Å²) in [7, 11) is 1.44. The highest BCUT2D eigenvalue weighted by Gasteiger charge is 2.11. The van der Waals surface area contributed by atoms with Gasteiger partial charge in [-0.1, -0.05) is 11.6 Å². The molecule has 0 aromatic heterocycles. The maximum atomic E-state index is 13.1. The molecule has 4 heteroatoms. The van der Waals surface area contributed by atoms with Crippen LogP contribution < -0.4 is 4.74 Å². The average Bonchev–Trinajstić information content (AvgIpc) is 2.12. The van der Waals surface area contributed by atoms with Crippen LogP contribution >= 0.6 is 11.6 Å². The molecule has 0 aliphatic rings. The predicted octanol–water partition coefficient (Wildman–Crippen LogP) is 2.55. The van der Waals surface area contributed by atoms with E-state index >= 15 is 0 Å². The summed E-state index contributed by atoms with van der Waals surface area (Å²) in [5, 5.41) is 8.59. The summed E-state index contributed by atoms with van der Waals surface area (Å²) < 4.78 is 17.9. The van der Waals surface area contributed by atoms with Gasteiger partial charge in [-0.25, -0.2) is 4.39 Å². The highest BCUT2D eigenvalue weighted by atomic mass is 35.5. The fraction of sp³-hybridized carbons (Fsp3) is 0.222. The van der Waals surface area contributed by atoms with Gasteiger partial charge in [-0.2, -0.15) is 5.26 Å². The summed E-state index contributed by atoms with van der Waals surface area (Å²) >= 11 is 5.78. The first-order valence-electron chi connectivity index (χ1n) is 3.58. The van der Waals surface area contributed by atoms with Gasteiger partial charge in [0.1, 0.15) is 11.6 Å². The summed E-state index contributed by atoms with van der Waals surface area (Å²) in [5.74, 6) is -0.0966. The van der Waals surface area contributed by atoms with Gasteiger partial charge in [0.15, 0.2) is 0 Å². The van der Waals surface area contributed by atoms with Crippen LogP contribution in [0.15, 0.2) is 12.1 Å². The SMILES string of the molecule is COc1ccc(F)c(CC#N)c1Cl. The molecule has 13 heavy (non-hydrogen) atoms. The van der Waals surface area contributed by atoms with Crippen LogP contribution in [0.2, 0.25) is 5.02 Å². The normalized spacial score (nSPS) is 9.38. The lowest BCUT2D eigenvalue weighted by atomic mass is 10.1. The zero-order chi connectivity index (χ0) is 9.84. The molecule has 2 nitrogen and oxygen atoms in total. The van der Waals surface area contributed by atoms with Crippen molar-refractivity contribution < 1.29 is 9.13 Å². The molecule has 0 spiro atoms. The average molecular weight is 200 g/mol. The summed E-state index contributed by atoms with van der Waals surface area (Å²) in [6.45, 7) is 0. The van der Waals surface area contributed by atoms with Crippen molar-refractivity contribution in [1.29, 1.82) is 5.26 Å². The monoisotopic (exact) mass is 199 g/mol. The molecular formula is C9H7ClFNO. The first kappa shape index (κ1) is 9.82. The maximum absolute atomic E-state index is 13.1. The van der Waals surface area contributed by atoms with Crippen molar-refractivity contribution >= 4 is 11.6 Å². The number of ether oxygens (including phenoxy) is 1. The number of nitriles is 1. The van der Waals surface area contributed by atoms with Gasteiger partial charge in [-0.3, -0.25) is 0 Å². The van der Waals surface area contributed by atoms with E-state index in [2.05, 4.69) is 0 Å². The Bertz CT molecular complexity index is 359. The van der Waals surface area contributed by atoms with Gasteiger partial charge >= 0.3 is 0 Å². The first-order valence-corrected chi connectivity index (χ1v) is 3.96. The molecule has 68 valence electrons. The number of halogens is 2. The lowest BCUT2D eigenvalue weighted by molar-refractivity contribution is 0.413. The smallest absolute Gasteiger partial charge is 0.137 e. The molecule has 1 rings (SSSR count). The second kappa shape index (κ2) is 4.11. The Morgan fingerprint density at radius 2 is 2.31 bits per heavy atom. The van der Waals surface area contributed by atoms with Gasteiger partial charge in [0, 0.05) is 5.56 Å². The lowest BCUT2D eigenvalue weighted by Gasteiger charge is -2.06. The Hall–Kier alpha value is -1.27. The molecule has 0 aliphatic carbocycles. The maximum Gasteiger partial charge on any atom is 0.137 e. The Balaban J connectivity index is 3.23. The Kier molecular flexibility index (Phi) is 3.10. The fourth-order valence-electron chi connectivity index (χ4n) is 0.975. The molecule has 1 aromatic rings. The van der Waals surface area contributed by atoms with Crippen LogP contribution in [0.5, 0.6) is 5.75 Å². The third-order valence-corrected chi connectivity index (χ3v) is 2.04. The molecule has 1 aromatic carbocycles. The zero-order valence-corrected chi connectivity index (χ0v) is 7.73. The predicted molar refractivity (Wildman–Crippen MR) is 47.3 cm³/mol. The van der Waals surface area contributed by atoms with Gasteiger partial charge in [0.05, 0.1) is 24.6 Å². The van der Waals surface area contributed by atoms with Crippen molar-refractivity contribution in [3.63, 3.8) is 0 Å². The molecule has 0 aliphatic heterocycles. The minimum atomic E-state index is -0.479. The standard InChI is InChI=1S/C9H7ClFNO/c1-13-8-3-2-7(11)6(4-5-12)9(8)10/h2-3H,4H2,1H3. The largest absolute Gasteiger partial charge is 0.495 e. The van der Waals surface area contributed by atoms with E-state index in [1.54, 1.807) is 0 Å². The Morgan fingerprint density at radius 1 is 1.62 bits per heavy atom. The van der Waals surface area contributed by atoms with E-state index in [1.165, 1.54) is 19.2 Å². The van der Waals surface area contributed by atoms with Crippen LogP contribution in [-0.2, 0) is 6.42 Å². The van der Waals surface area contributed by atoms with E-state index in [-0.39, 0.29) is 17.0 Å². The topological polar surface area (TPSA) is 33.0 Å². The van der Waals surface area contributed by atoms with Crippen LogP contribution in [0, 0.1) is 17.1 Å². The lowest BCUT2D eigenvalue weighted by Crippen LogP contribution is -1.93. The quantitative estimate of drug-likeness (QED) is 0.734. The van der Waals surface area contributed by atoms with Crippen molar-refractivity contribution in [3.05, 3.63) is 28.5 Å². The van der Waals surface area contributed by atoms with Gasteiger partial charge in [-0.15, -0.1) is 0 Å².